The minimum atomic E-state index is -3.74. The zero-order chi connectivity index (χ0) is 22.9. The van der Waals surface area contributed by atoms with E-state index in [1.807, 2.05) is 0 Å². The smallest absolute Gasteiger partial charge is 0.344 e. The second kappa shape index (κ2) is 8.80. The van der Waals surface area contributed by atoms with E-state index in [4.69, 9.17) is 4.74 Å². The van der Waals surface area contributed by atoms with Crippen LogP contribution in [0.5, 0.6) is 0 Å². The number of carbonyl (C=O) groups is 3. The molecule has 10 nitrogen and oxygen atoms in total. The van der Waals surface area contributed by atoms with Gasteiger partial charge in [0.1, 0.15) is 5.54 Å². The van der Waals surface area contributed by atoms with Crippen LogP contribution in [0.1, 0.15) is 55.8 Å². The lowest BCUT2D eigenvalue weighted by Crippen LogP contribution is -2.51. The number of benzene rings is 1. The van der Waals surface area contributed by atoms with Crippen molar-refractivity contribution in [3.63, 3.8) is 0 Å². The highest BCUT2D eigenvalue weighted by Crippen LogP contribution is 2.35. The fourth-order valence-electron chi connectivity index (χ4n) is 4.36. The van der Waals surface area contributed by atoms with Crippen molar-refractivity contribution in [2.45, 2.75) is 62.0 Å². The molecule has 1 aromatic rings. The third-order valence-corrected chi connectivity index (χ3v) is 7.89. The molecule has 3 N–H and O–H groups in total. The number of amides is 4. The number of urea groups is 1. The second-order valence-electron chi connectivity index (χ2n) is 8.79. The molecule has 0 radical (unpaired) electrons. The molecule has 1 saturated carbocycles. The Kier molecular flexibility index (Phi) is 6.24. The lowest BCUT2D eigenvalue weighted by molar-refractivity contribution is -0.134. The van der Waals surface area contributed by atoms with Gasteiger partial charge < -0.3 is 10.1 Å². The fraction of sp³-hybridized carbons (Fsp3) is 0.571. The molecule has 1 atom stereocenters. The van der Waals surface area contributed by atoms with E-state index in [0.717, 1.165) is 30.7 Å². The fourth-order valence-corrected chi connectivity index (χ4v) is 5.42. The van der Waals surface area contributed by atoms with Crippen LogP contribution in [-0.4, -0.2) is 56.1 Å². The highest BCUT2D eigenvalue weighted by Gasteiger charge is 2.52. The summed E-state index contributed by atoms with van der Waals surface area (Å²) in [5, 5.41) is 3.47. The molecule has 1 aromatic carbocycles. The van der Waals surface area contributed by atoms with Gasteiger partial charge in [0, 0.05) is 18.7 Å². The SMILES string of the molecule is CC1CCC2(CC1)NC(=O)N(NC(=O)c1ccc(S(=O)(=O)NCC3CCCO3)cc1)C2=O. The molecule has 0 aromatic heterocycles. The van der Waals surface area contributed by atoms with Gasteiger partial charge in [-0.3, -0.25) is 15.0 Å². The summed E-state index contributed by atoms with van der Waals surface area (Å²) in [6.07, 6.45) is 4.32. The first-order valence-corrected chi connectivity index (χ1v) is 12.4. The van der Waals surface area contributed by atoms with E-state index in [-0.39, 0.29) is 23.1 Å². The van der Waals surface area contributed by atoms with E-state index in [0.29, 0.717) is 25.4 Å². The lowest BCUT2D eigenvalue weighted by atomic mass is 9.77. The van der Waals surface area contributed by atoms with Gasteiger partial charge in [0.05, 0.1) is 11.0 Å². The molecule has 11 heteroatoms. The standard InChI is InChI=1S/C21H28N4O6S/c1-14-8-10-21(11-9-14)19(27)25(20(28)23-21)24-18(26)15-4-6-17(7-5-15)32(29,30)22-13-16-3-2-12-31-16/h4-7,14,16,22H,2-3,8-13H2,1H3,(H,23,28)(H,24,26). The summed E-state index contributed by atoms with van der Waals surface area (Å²) in [6, 6.07) is 4.64. The van der Waals surface area contributed by atoms with Gasteiger partial charge in [0.2, 0.25) is 10.0 Å². The summed E-state index contributed by atoms with van der Waals surface area (Å²) in [5.74, 6) is -0.643. The molecule has 3 fully saturated rings. The predicted octanol–water partition coefficient (Wildman–Crippen LogP) is 1.29. The molecule has 0 bridgehead atoms. The van der Waals surface area contributed by atoms with E-state index in [1.165, 1.54) is 24.3 Å². The van der Waals surface area contributed by atoms with E-state index in [2.05, 4.69) is 22.4 Å². The zero-order valence-corrected chi connectivity index (χ0v) is 18.7. The number of carbonyl (C=O) groups excluding carboxylic acids is 3. The molecule has 174 valence electrons. The number of nitrogens with zero attached hydrogens (tertiary/aromatic N) is 1. The Morgan fingerprint density at radius 1 is 1.19 bits per heavy atom. The van der Waals surface area contributed by atoms with Gasteiger partial charge >= 0.3 is 6.03 Å². The van der Waals surface area contributed by atoms with Crippen molar-refractivity contribution in [3.8, 4) is 0 Å². The molecular formula is C21H28N4O6S. The number of hydrogen-bond donors (Lipinski definition) is 3. The van der Waals surface area contributed by atoms with Crippen LogP contribution in [0, 0.1) is 5.92 Å². The van der Waals surface area contributed by atoms with Gasteiger partial charge in [-0.25, -0.2) is 17.9 Å². The number of nitrogens with one attached hydrogen (secondary N) is 3. The Hall–Kier alpha value is -2.50. The Bertz CT molecular complexity index is 996. The predicted molar refractivity (Wildman–Crippen MR) is 114 cm³/mol. The highest BCUT2D eigenvalue weighted by atomic mass is 32.2. The number of sulfonamides is 1. The van der Waals surface area contributed by atoms with Gasteiger partial charge in [-0.2, -0.15) is 5.01 Å². The third kappa shape index (κ3) is 4.50. The molecular weight excluding hydrogens is 436 g/mol. The quantitative estimate of drug-likeness (QED) is 0.543. The minimum Gasteiger partial charge on any atom is -0.377 e. The molecule has 1 spiro atoms. The van der Waals surface area contributed by atoms with E-state index in [9.17, 15) is 22.8 Å². The van der Waals surface area contributed by atoms with E-state index in [1.54, 1.807) is 0 Å². The first-order valence-electron chi connectivity index (χ1n) is 10.9. The molecule has 2 saturated heterocycles. The van der Waals surface area contributed by atoms with Crippen molar-refractivity contribution in [2.75, 3.05) is 13.2 Å². The van der Waals surface area contributed by atoms with Crippen LogP contribution in [0.25, 0.3) is 0 Å². The summed E-state index contributed by atoms with van der Waals surface area (Å²) >= 11 is 0. The Labute approximate surface area is 187 Å². The number of hydrazine groups is 1. The number of rotatable bonds is 6. The Balaban J connectivity index is 1.38. The summed E-state index contributed by atoms with van der Waals surface area (Å²) < 4.78 is 32.8. The first kappa shape index (κ1) is 22.7. The van der Waals surface area contributed by atoms with E-state index >= 15 is 0 Å². The number of hydrogen-bond acceptors (Lipinski definition) is 6. The summed E-state index contributed by atoms with van der Waals surface area (Å²) in [5.41, 5.74) is 1.52. The largest absolute Gasteiger partial charge is 0.377 e. The van der Waals surface area contributed by atoms with Crippen LogP contribution in [0.15, 0.2) is 29.2 Å². The monoisotopic (exact) mass is 464 g/mol. The van der Waals surface area contributed by atoms with Gasteiger partial charge in [-0.05, 0) is 68.7 Å². The Morgan fingerprint density at radius 2 is 1.88 bits per heavy atom. The van der Waals surface area contributed by atoms with Crippen molar-refractivity contribution in [1.29, 1.82) is 0 Å². The van der Waals surface area contributed by atoms with Gasteiger partial charge in [0.25, 0.3) is 11.8 Å². The minimum absolute atomic E-state index is 0.0114. The maximum Gasteiger partial charge on any atom is 0.344 e. The molecule has 3 aliphatic rings. The lowest BCUT2D eigenvalue weighted by Gasteiger charge is -2.33. The van der Waals surface area contributed by atoms with Crippen molar-refractivity contribution in [1.82, 2.24) is 20.5 Å². The zero-order valence-electron chi connectivity index (χ0n) is 17.9. The summed E-state index contributed by atoms with van der Waals surface area (Å²) in [7, 11) is -3.74. The average molecular weight is 465 g/mol. The summed E-state index contributed by atoms with van der Waals surface area (Å²) in [6.45, 7) is 2.93. The molecule has 4 rings (SSSR count). The third-order valence-electron chi connectivity index (χ3n) is 6.45. The molecule has 1 aliphatic carbocycles. The molecule has 2 heterocycles. The highest BCUT2D eigenvalue weighted by molar-refractivity contribution is 7.89. The Morgan fingerprint density at radius 3 is 2.50 bits per heavy atom. The summed E-state index contributed by atoms with van der Waals surface area (Å²) in [4.78, 5) is 37.8. The average Bonchev–Trinajstić information content (AvgIpc) is 3.38. The number of imide groups is 1. The molecule has 2 aliphatic heterocycles. The van der Waals surface area contributed by atoms with Gasteiger partial charge in [0.15, 0.2) is 0 Å². The molecule has 32 heavy (non-hydrogen) atoms. The van der Waals surface area contributed by atoms with Crippen LogP contribution in [-0.2, 0) is 19.6 Å². The van der Waals surface area contributed by atoms with Gasteiger partial charge in [-0.1, -0.05) is 6.92 Å². The second-order valence-corrected chi connectivity index (χ2v) is 10.6. The van der Waals surface area contributed by atoms with Crippen molar-refractivity contribution >= 4 is 27.9 Å². The van der Waals surface area contributed by atoms with Crippen molar-refractivity contribution in [3.05, 3.63) is 29.8 Å². The van der Waals surface area contributed by atoms with Crippen molar-refractivity contribution < 1.29 is 27.5 Å². The maximum atomic E-state index is 12.9. The molecule has 1 unspecified atom stereocenters. The number of ether oxygens (including phenoxy) is 1. The van der Waals surface area contributed by atoms with Crippen LogP contribution in [0.3, 0.4) is 0 Å². The van der Waals surface area contributed by atoms with Crippen LogP contribution >= 0.6 is 0 Å². The van der Waals surface area contributed by atoms with Crippen molar-refractivity contribution in [2.24, 2.45) is 5.92 Å². The maximum absolute atomic E-state index is 12.9. The molecule has 4 amide bonds. The topological polar surface area (TPSA) is 134 Å². The van der Waals surface area contributed by atoms with Crippen LogP contribution in [0.2, 0.25) is 0 Å². The van der Waals surface area contributed by atoms with E-state index < -0.39 is 33.4 Å². The normalized spacial score (nSPS) is 28.2. The van der Waals surface area contributed by atoms with Crippen LogP contribution < -0.4 is 15.5 Å². The first-order chi connectivity index (χ1) is 15.2. The van der Waals surface area contributed by atoms with Crippen LogP contribution in [0.4, 0.5) is 4.79 Å². The van der Waals surface area contributed by atoms with Gasteiger partial charge in [-0.15, -0.1) is 0 Å².